The first-order valence-corrected chi connectivity index (χ1v) is 4.31. The van der Waals surface area contributed by atoms with Crippen LogP contribution in [0.5, 0.6) is 0 Å². The molecule has 0 fully saturated rings. The van der Waals surface area contributed by atoms with Crippen molar-refractivity contribution in [1.29, 1.82) is 0 Å². The van der Waals surface area contributed by atoms with Crippen molar-refractivity contribution in [2.24, 2.45) is 0 Å². The van der Waals surface area contributed by atoms with E-state index >= 15 is 0 Å². The Morgan fingerprint density at radius 2 is 2.36 bits per heavy atom. The van der Waals surface area contributed by atoms with E-state index in [0.717, 1.165) is 0 Å². The summed E-state index contributed by atoms with van der Waals surface area (Å²) in [5.74, 6) is 0.690. The van der Waals surface area contributed by atoms with Crippen LogP contribution in [0.15, 0.2) is 6.07 Å². The highest BCUT2D eigenvalue weighted by Gasteiger charge is 2.02. The third kappa shape index (κ3) is 3.18. The summed E-state index contributed by atoms with van der Waals surface area (Å²) < 4.78 is 4.45. The maximum Gasteiger partial charge on any atom is 0.325 e. The third-order valence-electron chi connectivity index (χ3n) is 1.45. The van der Waals surface area contributed by atoms with Gasteiger partial charge in [0.2, 0.25) is 0 Å². The Hall–Kier alpha value is -1.36. The number of esters is 1. The first-order chi connectivity index (χ1) is 6.61. The standard InChI is InChI=1S/C8H10ClN3O2/c1-5-11-6(9)3-7(12-5)10-4-8(13)14-2/h3H,4H2,1-2H3,(H,10,11,12). The lowest BCUT2D eigenvalue weighted by Gasteiger charge is -2.04. The predicted octanol–water partition coefficient (Wildman–Crippen LogP) is 1.02. The number of halogens is 1. The third-order valence-corrected chi connectivity index (χ3v) is 1.64. The maximum atomic E-state index is 10.8. The van der Waals surface area contributed by atoms with Crippen molar-refractivity contribution in [2.45, 2.75) is 6.92 Å². The highest BCUT2D eigenvalue weighted by atomic mass is 35.5. The molecule has 0 spiro atoms. The molecule has 0 bridgehead atoms. The number of hydrogen-bond donors (Lipinski definition) is 1. The molecule has 6 heteroatoms. The van der Waals surface area contributed by atoms with Crippen molar-refractivity contribution in [1.82, 2.24) is 9.97 Å². The number of carbonyl (C=O) groups is 1. The zero-order chi connectivity index (χ0) is 10.6. The molecule has 14 heavy (non-hydrogen) atoms. The van der Waals surface area contributed by atoms with Crippen LogP contribution in [0.2, 0.25) is 5.15 Å². The minimum absolute atomic E-state index is 0.0588. The van der Waals surface area contributed by atoms with Crippen molar-refractivity contribution in [2.75, 3.05) is 19.0 Å². The van der Waals surface area contributed by atoms with Gasteiger partial charge in [-0.15, -0.1) is 0 Å². The smallest absolute Gasteiger partial charge is 0.325 e. The normalized spacial score (nSPS) is 9.64. The summed E-state index contributed by atoms with van der Waals surface area (Å²) >= 11 is 5.69. The van der Waals surface area contributed by atoms with Gasteiger partial charge in [0.05, 0.1) is 7.11 Å². The number of rotatable bonds is 3. The van der Waals surface area contributed by atoms with Crippen LogP contribution in [-0.2, 0) is 9.53 Å². The summed E-state index contributed by atoms with van der Waals surface area (Å²) in [4.78, 5) is 18.7. The van der Waals surface area contributed by atoms with Crippen molar-refractivity contribution >= 4 is 23.4 Å². The van der Waals surface area contributed by atoms with E-state index < -0.39 is 0 Å². The molecule has 0 saturated carbocycles. The van der Waals surface area contributed by atoms with E-state index in [2.05, 4.69) is 20.0 Å². The van der Waals surface area contributed by atoms with Crippen LogP contribution in [0.3, 0.4) is 0 Å². The Morgan fingerprint density at radius 1 is 1.64 bits per heavy atom. The van der Waals surface area contributed by atoms with E-state index in [9.17, 15) is 4.79 Å². The molecule has 0 aliphatic heterocycles. The van der Waals surface area contributed by atoms with E-state index in [0.29, 0.717) is 16.8 Å². The summed E-state index contributed by atoms with van der Waals surface area (Å²) in [6, 6.07) is 1.54. The van der Waals surface area contributed by atoms with Crippen LogP contribution in [0, 0.1) is 6.92 Å². The number of nitrogens with zero attached hydrogens (tertiary/aromatic N) is 2. The van der Waals surface area contributed by atoms with Crippen LogP contribution in [0.4, 0.5) is 5.82 Å². The van der Waals surface area contributed by atoms with Crippen molar-refractivity contribution in [3.05, 3.63) is 17.0 Å². The fourth-order valence-electron chi connectivity index (χ4n) is 0.857. The molecule has 0 aromatic carbocycles. The average Bonchev–Trinajstić information content (AvgIpc) is 2.12. The minimum atomic E-state index is -0.364. The predicted molar refractivity (Wildman–Crippen MR) is 52.3 cm³/mol. The van der Waals surface area contributed by atoms with Gasteiger partial charge in [0, 0.05) is 6.07 Å². The van der Waals surface area contributed by atoms with E-state index in [1.807, 2.05) is 0 Å². The number of ether oxygens (including phenoxy) is 1. The molecular formula is C8H10ClN3O2. The zero-order valence-corrected chi connectivity index (χ0v) is 8.63. The van der Waals surface area contributed by atoms with Crippen LogP contribution in [0.1, 0.15) is 5.82 Å². The second-order valence-corrected chi connectivity index (χ2v) is 2.94. The van der Waals surface area contributed by atoms with Gasteiger partial charge >= 0.3 is 5.97 Å². The average molecular weight is 216 g/mol. The van der Waals surface area contributed by atoms with Crippen molar-refractivity contribution < 1.29 is 9.53 Å². The number of carbonyl (C=O) groups excluding carboxylic acids is 1. The second-order valence-electron chi connectivity index (χ2n) is 2.55. The molecule has 0 atom stereocenters. The van der Waals surface area contributed by atoms with Crippen LogP contribution < -0.4 is 5.32 Å². The highest BCUT2D eigenvalue weighted by molar-refractivity contribution is 6.29. The highest BCUT2D eigenvalue weighted by Crippen LogP contribution is 2.10. The summed E-state index contributed by atoms with van der Waals surface area (Å²) in [7, 11) is 1.32. The zero-order valence-electron chi connectivity index (χ0n) is 7.87. The van der Waals surface area contributed by atoms with Gasteiger partial charge in [-0.3, -0.25) is 4.79 Å². The summed E-state index contributed by atoms with van der Waals surface area (Å²) in [6.07, 6.45) is 0. The summed E-state index contributed by atoms with van der Waals surface area (Å²) in [5, 5.41) is 3.10. The summed E-state index contributed by atoms with van der Waals surface area (Å²) in [5.41, 5.74) is 0. The molecule has 0 radical (unpaired) electrons. The van der Waals surface area contributed by atoms with Crippen LogP contribution in [0.25, 0.3) is 0 Å². The van der Waals surface area contributed by atoms with Crippen molar-refractivity contribution in [3.8, 4) is 0 Å². The first kappa shape index (κ1) is 10.7. The van der Waals surface area contributed by atoms with Gasteiger partial charge in [0.15, 0.2) is 0 Å². The van der Waals surface area contributed by atoms with Gasteiger partial charge in [0.1, 0.15) is 23.3 Å². The van der Waals surface area contributed by atoms with E-state index in [1.165, 1.54) is 13.2 Å². The summed E-state index contributed by atoms with van der Waals surface area (Å²) in [6.45, 7) is 1.78. The Balaban J connectivity index is 2.63. The molecule has 0 amide bonds. The lowest BCUT2D eigenvalue weighted by molar-refractivity contribution is -0.138. The fraction of sp³-hybridized carbons (Fsp3) is 0.375. The van der Waals surface area contributed by atoms with E-state index in [4.69, 9.17) is 11.6 Å². The number of methoxy groups -OCH3 is 1. The number of aromatic nitrogens is 2. The lowest BCUT2D eigenvalue weighted by Crippen LogP contribution is -2.16. The van der Waals surface area contributed by atoms with Gasteiger partial charge < -0.3 is 10.1 Å². The van der Waals surface area contributed by atoms with Gasteiger partial charge in [-0.05, 0) is 6.92 Å². The molecule has 0 saturated heterocycles. The monoisotopic (exact) mass is 215 g/mol. The molecular weight excluding hydrogens is 206 g/mol. The van der Waals surface area contributed by atoms with E-state index in [1.54, 1.807) is 6.92 Å². The molecule has 1 heterocycles. The van der Waals surface area contributed by atoms with Gasteiger partial charge in [0.25, 0.3) is 0 Å². The number of anilines is 1. The largest absolute Gasteiger partial charge is 0.468 e. The molecule has 1 aromatic rings. The molecule has 0 aliphatic carbocycles. The number of nitrogens with one attached hydrogen (secondary N) is 1. The molecule has 0 unspecified atom stereocenters. The SMILES string of the molecule is COC(=O)CNc1cc(Cl)nc(C)n1. The first-order valence-electron chi connectivity index (χ1n) is 3.93. The number of hydrogen-bond acceptors (Lipinski definition) is 5. The number of aryl methyl sites for hydroxylation is 1. The second kappa shape index (κ2) is 4.76. The van der Waals surface area contributed by atoms with E-state index in [-0.39, 0.29) is 12.5 Å². The Bertz CT molecular complexity index is 323. The molecule has 1 N–H and O–H groups in total. The van der Waals surface area contributed by atoms with Crippen molar-refractivity contribution in [3.63, 3.8) is 0 Å². The molecule has 1 rings (SSSR count). The fourth-order valence-corrected chi connectivity index (χ4v) is 1.08. The topological polar surface area (TPSA) is 64.1 Å². The molecule has 5 nitrogen and oxygen atoms in total. The maximum absolute atomic E-state index is 10.8. The van der Waals surface area contributed by atoms with Gasteiger partial charge in [-0.25, -0.2) is 9.97 Å². The minimum Gasteiger partial charge on any atom is -0.468 e. The quantitative estimate of drug-likeness (QED) is 0.603. The van der Waals surface area contributed by atoms with Crippen LogP contribution in [-0.4, -0.2) is 29.6 Å². The van der Waals surface area contributed by atoms with Gasteiger partial charge in [-0.1, -0.05) is 11.6 Å². The Kier molecular flexibility index (Phi) is 3.64. The molecule has 0 aliphatic rings. The molecule has 1 aromatic heterocycles. The Morgan fingerprint density at radius 3 is 2.93 bits per heavy atom. The molecule has 76 valence electrons. The lowest BCUT2D eigenvalue weighted by atomic mass is 10.5. The van der Waals surface area contributed by atoms with Crippen LogP contribution >= 0.6 is 11.6 Å². The Labute approximate surface area is 86.5 Å². The van der Waals surface area contributed by atoms with Gasteiger partial charge in [-0.2, -0.15) is 0 Å².